The molecule has 0 unspecified atom stereocenters. The summed E-state index contributed by atoms with van der Waals surface area (Å²) in [6, 6.07) is -1.46. The van der Waals surface area contributed by atoms with Gasteiger partial charge in [0.05, 0.1) is 12.8 Å². The fourth-order valence-corrected chi connectivity index (χ4v) is 0.214. The number of aliphatic carboxylic acids is 4. The van der Waals surface area contributed by atoms with E-state index in [0.29, 0.717) is 0 Å². The van der Waals surface area contributed by atoms with Gasteiger partial charge in [-0.3, -0.25) is 19.2 Å². The van der Waals surface area contributed by atoms with Crippen LogP contribution in [0.3, 0.4) is 0 Å². The van der Waals surface area contributed by atoms with Crippen molar-refractivity contribution < 1.29 is 39.6 Å². The molecule has 0 heterocycles. The van der Waals surface area contributed by atoms with Crippen LogP contribution in [0.1, 0.15) is 26.7 Å². The van der Waals surface area contributed by atoms with Crippen molar-refractivity contribution in [2.24, 2.45) is 11.5 Å². The van der Waals surface area contributed by atoms with Gasteiger partial charge in [-0.15, -0.1) is 0 Å². The third kappa shape index (κ3) is 29.7. The van der Waals surface area contributed by atoms with E-state index < -0.39 is 36.0 Å². The van der Waals surface area contributed by atoms with Gasteiger partial charge >= 0.3 is 23.9 Å². The van der Waals surface area contributed by atoms with Crippen LogP contribution in [-0.2, 0) is 19.2 Å². The van der Waals surface area contributed by atoms with Crippen LogP contribution in [0.2, 0.25) is 0 Å². The zero-order valence-electron chi connectivity index (χ0n) is 11.1. The molecule has 2 atom stereocenters. The van der Waals surface area contributed by atoms with Gasteiger partial charge in [0.25, 0.3) is 0 Å². The lowest BCUT2D eigenvalue weighted by atomic mass is 10.3. The van der Waals surface area contributed by atoms with E-state index in [-0.39, 0.29) is 12.8 Å². The SMILES string of the molecule is C[C@H](N)C(=O)O.C[C@H](N)C(=O)O.O=C(O)CCC(=O)O. The zero-order valence-corrected chi connectivity index (χ0v) is 11.1. The van der Waals surface area contributed by atoms with Crippen LogP contribution in [0.4, 0.5) is 0 Å². The largest absolute Gasteiger partial charge is 0.481 e. The molecule has 0 amide bonds. The van der Waals surface area contributed by atoms with Gasteiger partial charge < -0.3 is 31.9 Å². The molecule has 20 heavy (non-hydrogen) atoms. The lowest BCUT2D eigenvalue weighted by molar-refractivity contribution is -0.143. The molecule has 10 heteroatoms. The Bertz CT molecular complexity index is 295. The van der Waals surface area contributed by atoms with Crippen LogP contribution in [-0.4, -0.2) is 56.4 Å². The molecule has 0 aromatic carbocycles. The van der Waals surface area contributed by atoms with E-state index in [1.54, 1.807) is 0 Å². The summed E-state index contributed by atoms with van der Waals surface area (Å²) in [6.45, 7) is 2.84. The number of nitrogens with two attached hydrogens (primary N) is 2. The number of carboxylic acids is 4. The second-order valence-corrected chi connectivity index (χ2v) is 3.54. The smallest absolute Gasteiger partial charge is 0.320 e. The maximum Gasteiger partial charge on any atom is 0.320 e. The second-order valence-electron chi connectivity index (χ2n) is 3.54. The highest BCUT2D eigenvalue weighted by molar-refractivity contribution is 5.75. The van der Waals surface area contributed by atoms with Gasteiger partial charge in [-0.2, -0.15) is 0 Å². The standard InChI is InChI=1S/C4H6O4.2C3H7NO2/c5-3(6)1-2-4(7)8;2*1-2(4)3(5)6/h1-2H2,(H,5,6)(H,7,8);2*2H,4H2,1H3,(H,5,6)/t;2*2-/m.00/s1. The van der Waals surface area contributed by atoms with Crippen LogP contribution >= 0.6 is 0 Å². The van der Waals surface area contributed by atoms with Crippen molar-refractivity contribution in [3.63, 3.8) is 0 Å². The normalized spacial score (nSPS) is 11.6. The highest BCUT2D eigenvalue weighted by atomic mass is 16.4. The van der Waals surface area contributed by atoms with Crippen molar-refractivity contribution in [2.75, 3.05) is 0 Å². The zero-order chi connectivity index (χ0) is 16.9. The molecule has 118 valence electrons. The van der Waals surface area contributed by atoms with Gasteiger partial charge in [0.15, 0.2) is 0 Å². The Labute approximate surface area is 115 Å². The summed E-state index contributed by atoms with van der Waals surface area (Å²) in [5.41, 5.74) is 9.67. The van der Waals surface area contributed by atoms with Crippen molar-refractivity contribution in [3.8, 4) is 0 Å². The third-order valence-electron chi connectivity index (χ3n) is 1.33. The van der Waals surface area contributed by atoms with Crippen LogP contribution in [0, 0.1) is 0 Å². The van der Waals surface area contributed by atoms with Crippen LogP contribution in [0.15, 0.2) is 0 Å². The highest BCUT2D eigenvalue weighted by Crippen LogP contribution is 1.86. The predicted molar refractivity (Wildman–Crippen MR) is 67.1 cm³/mol. The average Bonchev–Trinajstić information content (AvgIpc) is 2.27. The lowest BCUT2D eigenvalue weighted by Gasteiger charge is -1.90. The van der Waals surface area contributed by atoms with Crippen LogP contribution in [0.5, 0.6) is 0 Å². The van der Waals surface area contributed by atoms with Gasteiger partial charge in [-0.05, 0) is 13.8 Å². The Morgan fingerprint density at radius 1 is 0.750 bits per heavy atom. The molecule has 0 aromatic heterocycles. The topological polar surface area (TPSA) is 201 Å². The molecule has 0 radical (unpaired) electrons. The third-order valence-corrected chi connectivity index (χ3v) is 1.33. The molecule has 0 aliphatic rings. The minimum absolute atomic E-state index is 0.296. The highest BCUT2D eigenvalue weighted by Gasteiger charge is 2.00. The molecule has 0 aromatic rings. The van der Waals surface area contributed by atoms with E-state index >= 15 is 0 Å². The minimum Gasteiger partial charge on any atom is -0.481 e. The molecule has 0 saturated heterocycles. The molecule has 10 nitrogen and oxygen atoms in total. The molecule has 0 fully saturated rings. The molecule has 0 bridgehead atoms. The summed E-state index contributed by atoms with van der Waals surface area (Å²) in [4.78, 5) is 38.4. The number of hydrogen-bond donors (Lipinski definition) is 6. The van der Waals surface area contributed by atoms with E-state index in [1.807, 2.05) is 0 Å². The van der Waals surface area contributed by atoms with E-state index in [4.69, 9.17) is 31.9 Å². The fraction of sp³-hybridized carbons (Fsp3) is 0.600. The molecule has 0 aliphatic carbocycles. The molecule has 0 rings (SSSR count). The Hall–Kier alpha value is -2.20. The summed E-state index contributed by atoms with van der Waals surface area (Å²) >= 11 is 0. The Balaban J connectivity index is -0.000000221. The molecular formula is C10H20N2O8. The van der Waals surface area contributed by atoms with Crippen molar-refractivity contribution in [1.82, 2.24) is 0 Å². The van der Waals surface area contributed by atoms with Gasteiger partial charge in [0.1, 0.15) is 12.1 Å². The lowest BCUT2D eigenvalue weighted by Crippen LogP contribution is -2.25. The van der Waals surface area contributed by atoms with Crippen molar-refractivity contribution in [1.29, 1.82) is 0 Å². The first-order valence-corrected chi connectivity index (χ1v) is 5.32. The van der Waals surface area contributed by atoms with Crippen molar-refractivity contribution in [2.45, 2.75) is 38.8 Å². The maximum absolute atomic E-state index is 9.64. The first-order chi connectivity index (χ1) is 8.91. The molecule has 0 spiro atoms. The maximum atomic E-state index is 9.64. The first kappa shape index (κ1) is 22.9. The van der Waals surface area contributed by atoms with Gasteiger partial charge in [-0.25, -0.2) is 0 Å². The minimum atomic E-state index is -1.08. The molecule has 0 saturated carbocycles. The summed E-state index contributed by atoms with van der Waals surface area (Å²) < 4.78 is 0. The Morgan fingerprint density at radius 3 is 0.950 bits per heavy atom. The number of rotatable bonds is 5. The molecule has 8 N–H and O–H groups in total. The van der Waals surface area contributed by atoms with Gasteiger partial charge in [0, 0.05) is 0 Å². The van der Waals surface area contributed by atoms with E-state index in [2.05, 4.69) is 0 Å². The summed E-state index contributed by atoms with van der Waals surface area (Å²) in [5.74, 6) is -4.08. The summed E-state index contributed by atoms with van der Waals surface area (Å²) in [6.07, 6.45) is -0.593. The van der Waals surface area contributed by atoms with Crippen molar-refractivity contribution in [3.05, 3.63) is 0 Å². The predicted octanol–water partition coefficient (Wildman–Crippen LogP) is -1.23. The quantitative estimate of drug-likeness (QED) is 0.356. The molecular weight excluding hydrogens is 276 g/mol. The van der Waals surface area contributed by atoms with Gasteiger partial charge in [0.2, 0.25) is 0 Å². The Kier molecular flexibility index (Phi) is 15.2. The van der Waals surface area contributed by atoms with Gasteiger partial charge in [-0.1, -0.05) is 0 Å². The fourth-order valence-electron chi connectivity index (χ4n) is 0.214. The second kappa shape index (κ2) is 13.2. The molecule has 0 aliphatic heterocycles. The van der Waals surface area contributed by atoms with E-state index in [9.17, 15) is 19.2 Å². The average molecular weight is 296 g/mol. The number of carboxylic acid groups (broad SMARTS) is 4. The Morgan fingerprint density at radius 2 is 0.900 bits per heavy atom. The van der Waals surface area contributed by atoms with Crippen molar-refractivity contribution >= 4 is 23.9 Å². The summed E-state index contributed by atoms with van der Waals surface area (Å²) in [5, 5.41) is 31.5. The monoisotopic (exact) mass is 296 g/mol. The van der Waals surface area contributed by atoms with Crippen LogP contribution in [0.25, 0.3) is 0 Å². The van der Waals surface area contributed by atoms with E-state index in [1.165, 1.54) is 13.8 Å². The number of carbonyl (C=O) groups is 4. The summed E-state index contributed by atoms with van der Waals surface area (Å²) in [7, 11) is 0. The van der Waals surface area contributed by atoms with Crippen LogP contribution < -0.4 is 11.5 Å². The number of hydrogen-bond acceptors (Lipinski definition) is 6. The van der Waals surface area contributed by atoms with E-state index in [0.717, 1.165) is 0 Å². The first-order valence-electron chi connectivity index (χ1n) is 5.32.